The van der Waals surface area contributed by atoms with E-state index in [2.05, 4.69) is 31.2 Å². The number of hydrogen-bond donors (Lipinski definition) is 2. The highest BCUT2D eigenvalue weighted by Crippen LogP contribution is 2.35. The van der Waals surface area contributed by atoms with Crippen LogP contribution in [0.2, 0.25) is 0 Å². The molecule has 0 bridgehead atoms. The van der Waals surface area contributed by atoms with Crippen LogP contribution in [0.5, 0.6) is 0 Å². The summed E-state index contributed by atoms with van der Waals surface area (Å²) in [6.45, 7) is 4.73. The minimum atomic E-state index is -0.421. The molecule has 1 amide bonds. The average Bonchev–Trinajstić information content (AvgIpc) is 2.25. The van der Waals surface area contributed by atoms with Crippen LogP contribution >= 0.6 is 24.8 Å². The number of halogens is 2. The summed E-state index contributed by atoms with van der Waals surface area (Å²) in [5.74, 6) is 0.683. The van der Waals surface area contributed by atoms with E-state index in [-0.39, 0.29) is 36.3 Å². The van der Waals surface area contributed by atoms with Crippen molar-refractivity contribution in [2.45, 2.75) is 51.1 Å². The Labute approximate surface area is 129 Å². The molecule has 0 radical (unpaired) electrons. The van der Waals surface area contributed by atoms with Crippen LogP contribution in [0, 0.1) is 5.92 Å². The van der Waals surface area contributed by atoms with Crippen LogP contribution in [0.4, 0.5) is 0 Å². The van der Waals surface area contributed by atoms with Crippen LogP contribution in [0.15, 0.2) is 0 Å². The fourth-order valence-corrected chi connectivity index (χ4v) is 2.77. The monoisotopic (exact) mass is 313 g/mol. The molecule has 1 fully saturated rings. The Bertz CT molecular complexity index is 275. The second-order valence-electron chi connectivity index (χ2n) is 5.83. The molecule has 0 spiro atoms. The number of carbonyl (C=O) groups is 1. The van der Waals surface area contributed by atoms with E-state index in [1.807, 2.05) is 0 Å². The molecule has 0 aliphatic heterocycles. The third kappa shape index (κ3) is 5.86. The standard InChI is InChI=1S/C13H27N3O.2ClH/c1-10-6-5-7-13(8-10,16(3)4)9-15-12(17)11(2)14;;/h10-11H,5-9,14H2,1-4H3,(H,15,17);2*1H/t10?,11-,13?;;/m0../s1. The van der Waals surface area contributed by atoms with Gasteiger partial charge in [0.2, 0.25) is 5.91 Å². The summed E-state index contributed by atoms with van der Waals surface area (Å²) in [4.78, 5) is 13.8. The van der Waals surface area contributed by atoms with Gasteiger partial charge in [-0.25, -0.2) is 0 Å². The Balaban J connectivity index is 0. The third-order valence-electron chi connectivity index (χ3n) is 4.02. The largest absolute Gasteiger partial charge is 0.353 e. The van der Waals surface area contributed by atoms with Crippen LogP contribution in [0.1, 0.15) is 39.5 Å². The van der Waals surface area contributed by atoms with Gasteiger partial charge in [0.25, 0.3) is 0 Å². The van der Waals surface area contributed by atoms with Crippen LogP contribution in [0.25, 0.3) is 0 Å². The van der Waals surface area contributed by atoms with E-state index >= 15 is 0 Å². The van der Waals surface area contributed by atoms with Crippen molar-refractivity contribution in [2.75, 3.05) is 20.6 Å². The molecule has 3 atom stereocenters. The van der Waals surface area contributed by atoms with Crippen molar-refractivity contribution in [2.24, 2.45) is 11.7 Å². The van der Waals surface area contributed by atoms with Gasteiger partial charge in [-0.3, -0.25) is 4.79 Å². The minimum absolute atomic E-state index is 0. The first-order valence-corrected chi connectivity index (χ1v) is 6.58. The summed E-state index contributed by atoms with van der Waals surface area (Å²) < 4.78 is 0. The maximum atomic E-state index is 11.6. The van der Waals surface area contributed by atoms with Gasteiger partial charge in [-0.05, 0) is 39.8 Å². The number of nitrogens with one attached hydrogen (secondary N) is 1. The molecule has 2 unspecified atom stereocenters. The highest BCUT2D eigenvalue weighted by atomic mass is 35.5. The second-order valence-corrected chi connectivity index (χ2v) is 5.83. The number of rotatable bonds is 4. The summed E-state index contributed by atoms with van der Waals surface area (Å²) in [7, 11) is 4.21. The van der Waals surface area contributed by atoms with Crippen molar-refractivity contribution in [1.82, 2.24) is 10.2 Å². The number of carbonyl (C=O) groups excluding carboxylic acids is 1. The number of nitrogens with two attached hydrogens (primary N) is 1. The summed E-state index contributed by atoms with van der Waals surface area (Å²) in [6.07, 6.45) is 4.85. The first-order valence-electron chi connectivity index (χ1n) is 6.58. The SMILES string of the molecule is CC1CCCC(CNC(=O)[C@H](C)N)(N(C)C)C1.Cl.Cl. The smallest absolute Gasteiger partial charge is 0.236 e. The number of amides is 1. The molecule has 116 valence electrons. The number of hydrogen-bond acceptors (Lipinski definition) is 3. The van der Waals surface area contributed by atoms with Gasteiger partial charge in [-0.15, -0.1) is 24.8 Å². The lowest BCUT2D eigenvalue weighted by atomic mass is 9.75. The van der Waals surface area contributed by atoms with Crippen molar-refractivity contribution in [3.8, 4) is 0 Å². The fourth-order valence-electron chi connectivity index (χ4n) is 2.77. The molecule has 6 heteroatoms. The van der Waals surface area contributed by atoms with Gasteiger partial charge in [-0.2, -0.15) is 0 Å². The molecule has 0 aromatic rings. The molecule has 1 rings (SSSR count). The molecule has 0 saturated heterocycles. The highest BCUT2D eigenvalue weighted by molar-refractivity contribution is 5.85. The zero-order chi connectivity index (χ0) is 13.1. The first-order chi connectivity index (χ1) is 7.87. The van der Waals surface area contributed by atoms with Gasteiger partial charge in [0.1, 0.15) is 0 Å². The van der Waals surface area contributed by atoms with E-state index < -0.39 is 6.04 Å². The normalized spacial score (nSPS) is 28.0. The van der Waals surface area contributed by atoms with E-state index in [1.165, 1.54) is 12.8 Å². The summed E-state index contributed by atoms with van der Waals surface area (Å²) in [5.41, 5.74) is 5.69. The predicted molar refractivity (Wildman–Crippen MR) is 85.2 cm³/mol. The molecule has 1 saturated carbocycles. The van der Waals surface area contributed by atoms with Crippen LogP contribution < -0.4 is 11.1 Å². The third-order valence-corrected chi connectivity index (χ3v) is 4.02. The van der Waals surface area contributed by atoms with E-state index in [0.29, 0.717) is 6.54 Å². The van der Waals surface area contributed by atoms with Crippen molar-refractivity contribution in [3.05, 3.63) is 0 Å². The molecule has 0 aromatic heterocycles. The van der Waals surface area contributed by atoms with Crippen molar-refractivity contribution >= 4 is 30.7 Å². The van der Waals surface area contributed by atoms with Gasteiger partial charge < -0.3 is 16.0 Å². The van der Waals surface area contributed by atoms with E-state index in [4.69, 9.17) is 5.73 Å². The van der Waals surface area contributed by atoms with Crippen LogP contribution in [-0.4, -0.2) is 43.0 Å². The van der Waals surface area contributed by atoms with E-state index in [1.54, 1.807) is 6.92 Å². The molecule has 1 aliphatic carbocycles. The lowest BCUT2D eigenvalue weighted by molar-refractivity contribution is -0.122. The summed E-state index contributed by atoms with van der Waals surface area (Å²) in [5, 5.41) is 2.99. The number of nitrogens with zero attached hydrogens (tertiary/aromatic N) is 1. The molecule has 1 aliphatic rings. The van der Waals surface area contributed by atoms with Crippen LogP contribution in [-0.2, 0) is 4.79 Å². The fraction of sp³-hybridized carbons (Fsp3) is 0.923. The Morgan fingerprint density at radius 2 is 2.05 bits per heavy atom. The zero-order valence-corrected chi connectivity index (χ0v) is 14.1. The molecule has 0 heterocycles. The zero-order valence-electron chi connectivity index (χ0n) is 12.4. The number of likely N-dealkylation sites (N-methyl/N-ethyl adjacent to an activating group) is 1. The lowest BCUT2D eigenvalue weighted by Crippen LogP contribution is -2.56. The highest BCUT2D eigenvalue weighted by Gasteiger charge is 2.37. The quantitative estimate of drug-likeness (QED) is 0.832. The topological polar surface area (TPSA) is 58.4 Å². The minimum Gasteiger partial charge on any atom is -0.353 e. The van der Waals surface area contributed by atoms with Gasteiger partial charge in [0, 0.05) is 12.1 Å². The predicted octanol–water partition coefficient (Wildman–Crippen LogP) is 1.80. The Morgan fingerprint density at radius 3 is 2.47 bits per heavy atom. The van der Waals surface area contributed by atoms with Gasteiger partial charge in [0.15, 0.2) is 0 Å². The lowest BCUT2D eigenvalue weighted by Gasteiger charge is -2.45. The van der Waals surface area contributed by atoms with Crippen molar-refractivity contribution < 1.29 is 4.79 Å². The molecule has 3 N–H and O–H groups in total. The molecule has 19 heavy (non-hydrogen) atoms. The second kappa shape index (κ2) is 9.01. The van der Waals surface area contributed by atoms with Gasteiger partial charge in [-0.1, -0.05) is 19.8 Å². The van der Waals surface area contributed by atoms with Crippen molar-refractivity contribution in [3.63, 3.8) is 0 Å². The first kappa shape index (κ1) is 21.3. The molecular formula is C13H29Cl2N3O. The summed E-state index contributed by atoms with van der Waals surface area (Å²) in [6, 6.07) is -0.421. The molecular weight excluding hydrogens is 285 g/mol. The maximum absolute atomic E-state index is 11.6. The Kier molecular flexibility index (Phi) is 10.1. The molecule has 4 nitrogen and oxygen atoms in total. The van der Waals surface area contributed by atoms with Crippen LogP contribution in [0.3, 0.4) is 0 Å². The van der Waals surface area contributed by atoms with Gasteiger partial charge >= 0.3 is 0 Å². The summed E-state index contributed by atoms with van der Waals surface area (Å²) >= 11 is 0. The van der Waals surface area contributed by atoms with E-state index in [9.17, 15) is 4.79 Å². The van der Waals surface area contributed by atoms with E-state index in [0.717, 1.165) is 18.8 Å². The maximum Gasteiger partial charge on any atom is 0.236 e. The van der Waals surface area contributed by atoms with Crippen molar-refractivity contribution in [1.29, 1.82) is 0 Å². The Morgan fingerprint density at radius 1 is 1.47 bits per heavy atom. The average molecular weight is 314 g/mol. The molecule has 0 aromatic carbocycles. The van der Waals surface area contributed by atoms with Gasteiger partial charge in [0.05, 0.1) is 6.04 Å². The Hall–Kier alpha value is -0.0300.